The molecule has 4 nitrogen and oxygen atoms in total. The fourth-order valence-electron chi connectivity index (χ4n) is 1.27. The summed E-state index contributed by atoms with van der Waals surface area (Å²) in [5.41, 5.74) is 1.53. The highest BCUT2D eigenvalue weighted by atomic mass is 16.3. The Morgan fingerprint density at radius 3 is 2.56 bits per heavy atom. The van der Waals surface area contributed by atoms with E-state index >= 15 is 0 Å². The van der Waals surface area contributed by atoms with Gasteiger partial charge in [-0.05, 0) is 31.5 Å². The lowest BCUT2D eigenvalue weighted by Crippen LogP contribution is -2.09. The second-order valence-corrected chi connectivity index (χ2v) is 3.55. The van der Waals surface area contributed by atoms with Crippen LogP contribution in [0.15, 0.2) is 18.2 Å². The van der Waals surface area contributed by atoms with Gasteiger partial charge in [0, 0.05) is 12.2 Å². The zero-order valence-corrected chi connectivity index (χ0v) is 9.07. The Hall–Kier alpha value is -2.04. The molecule has 0 aliphatic rings. The molecule has 0 saturated carbocycles. The van der Waals surface area contributed by atoms with Crippen LogP contribution in [-0.2, 0) is 0 Å². The molecule has 0 saturated heterocycles. The van der Waals surface area contributed by atoms with Crippen LogP contribution in [0.25, 0.3) is 0 Å². The molecule has 4 heteroatoms. The molecule has 0 aliphatic carbocycles. The summed E-state index contributed by atoms with van der Waals surface area (Å²) in [5.74, 6) is 0. The molecule has 82 valence electrons. The summed E-state index contributed by atoms with van der Waals surface area (Å²) in [4.78, 5) is 0. The largest absolute Gasteiger partial charge is 0.393 e. The summed E-state index contributed by atoms with van der Waals surface area (Å²) in [5, 5.41) is 29.7. The van der Waals surface area contributed by atoms with Crippen LogP contribution in [0.5, 0.6) is 0 Å². The number of benzene rings is 1. The molecule has 0 bridgehead atoms. The van der Waals surface area contributed by atoms with Gasteiger partial charge in [0.1, 0.15) is 12.1 Å². The molecule has 0 fully saturated rings. The van der Waals surface area contributed by atoms with Crippen LogP contribution in [0.2, 0.25) is 0 Å². The molecule has 1 atom stereocenters. The Bertz CT molecular complexity index is 441. The Kier molecular flexibility index (Phi) is 4.32. The smallest absolute Gasteiger partial charge is 0.101 e. The highest BCUT2D eigenvalue weighted by Crippen LogP contribution is 2.14. The second-order valence-electron chi connectivity index (χ2n) is 3.55. The van der Waals surface area contributed by atoms with Crippen molar-refractivity contribution in [2.75, 3.05) is 11.9 Å². The molecule has 1 rings (SSSR count). The number of nitriles is 2. The lowest BCUT2D eigenvalue weighted by atomic mass is 10.1. The van der Waals surface area contributed by atoms with Gasteiger partial charge in [0.15, 0.2) is 0 Å². The Morgan fingerprint density at radius 2 is 2.00 bits per heavy atom. The van der Waals surface area contributed by atoms with E-state index in [0.29, 0.717) is 24.1 Å². The fourth-order valence-corrected chi connectivity index (χ4v) is 1.27. The molecule has 0 radical (unpaired) electrons. The van der Waals surface area contributed by atoms with Crippen molar-refractivity contribution in [3.8, 4) is 12.1 Å². The van der Waals surface area contributed by atoms with Crippen LogP contribution in [0.1, 0.15) is 24.5 Å². The number of aliphatic hydroxyl groups excluding tert-OH is 1. The van der Waals surface area contributed by atoms with E-state index in [2.05, 4.69) is 5.32 Å². The standard InChI is InChI=1S/C12H13N3O/c1-9(16)4-5-15-12-3-2-10(7-13)11(6-12)8-14/h2-3,6,9,15-16H,4-5H2,1H3. The molecular weight excluding hydrogens is 202 g/mol. The van der Waals surface area contributed by atoms with E-state index in [9.17, 15) is 0 Å². The minimum absolute atomic E-state index is 0.346. The third-order valence-corrected chi connectivity index (χ3v) is 2.15. The van der Waals surface area contributed by atoms with Gasteiger partial charge in [0.25, 0.3) is 0 Å². The summed E-state index contributed by atoms with van der Waals surface area (Å²) >= 11 is 0. The molecular formula is C12H13N3O. The lowest BCUT2D eigenvalue weighted by molar-refractivity contribution is 0.189. The molecule has 0 spiro atoms. The maximum atomic E-state index is 9.08. The van der Waals surface area contributed by atoms with Crippen molar-refractivity contribution >= 4 is 5.69 Å². The maximum Gasteiger partial charge on any atom is 0.101 e. The van der Waals surface area contributed by atoms with E-state index in [4.69, 9.17) is 15.6 Å². The minimum atomic E-state index is -0.346. The Balaban J connectivity index is 2.70. The van der Waals surface area contributed by atoms with Gasteiger partial charge in [-0.25, -0.2) is 0 Å². The molecule has 0 aromatic heterocycles. The third-order valence-electron chi connectivity index (χ3n) is 2.15. The van der Waals surface area contributed by atoms with Crippen molar-refractivity contribution < 1.29 is 5.11 Å². The summed E-state index contributed by atoms with van der Waals surface area (Å²) in [6, 6.07) is 8.94. The van der Waals surface area contributed by atoms with Gasteiger partial charge in [-0.3, -0.25) is 0 Å². The van der Waals surface area contributed by atoms with Crippen molar-refractivity contribution in [3.63, 3.8) is 0 Å². The van der Waals surface area contributed by atoms with E-state index in [1.54, 1.807) is 25.1 Å². The normalized spacial score (nSPS) is 11.2. The highest BCUT2D eigenvalue weighted by Gasteiger charge is 2.02. The number of rotatable bonds is 4. The van der Waals surface area contributed by atoms with E-state index in [-0.39, 0.29) is 6.10 Å². The molecule has 0 heterocycles. The Labute approximate surface area is 94.8 Å². The van der Waals surface area contributed by atoms with Gasteiger partial charge < -0.3 is 10.4 Å². The van der Waals surface area contributed by atoms with Crippen LogP contribution in [0, 0.1) is 22.7 Å². The van der Waals surface area contributed by atoms with Crippen LogP contribution >= 0.6 is 0 Å². The van der Waals surface area contributed by atoms with Crippen LogP contribution in [0.4, 0.5) is 5.69 Å². The van der Waals surface area contributed by atoms with Gasteiger partial charge in [-0.1, -0.05) is 0 Å². The van der Waals surface area contributed by atoms with Gasteiger partial charge in [-0.2, -0.15) is 10.5 Å². The van der Waals surface area contributed by atoms with Gasteiger partial charge in [-0.15, -0.1) is 0 Å². The number of aliphatic hydroxyl groups is 1. The average Bonchev–Trinajstić information content (AvgIpc) is 2.28. The SMILES string of the molecule is CC(O)CCNc1ccc(C#N)c(C#N)c1. The first-order valence-corrected chi connectivity index (χ1v) is 5.03. The van der Waals surface area contributed by atoms with Gasteiger partial charge in [0.05, 0.1) is 17.2 Å². The molecule has 2 N–H and O–H groups in total. The van der Waals surface area contributed by atoms with E-state index in [0.717, 1.165) is 5.69 Å². The van der Waals surface area contributed by atoms with Gasteiger partial charge >= 0.3 is 0 Å². The lowest BCUT2D eigenvalue weighted by Gasteiger charge is -2.08. The second kappa shape index (κ2) is 5.75. The fraction of sp³-hybridized carbons (Fsp3) is 0.333. The minimum Gasteiger partial charge on any atom is -0.393 e. The van der Waals surface area contributed by atoms with Crippen molar-refractivity contribution in [1.82, 2.24) is 0 Å². The zero-order valence-electron chi connectivity index (χ0n) is 9.07. The van der Waals surface area contributed by atoms with Crippen LogP contribution < -0.4 is 5.32 Å². The summed E-state index contributed by atoms with van der Waals surface area (Å²) in [7, 11) is 0. The maximum absolute atomic E-state index is 9.08. The van der Waals surface area contributed by atoms with Crippen LogP contribution in [-0.4, -0.2) is 17.8 Å². The monoisotopic (exact) mass is 215 g/mol. The predicted octanol–water partition coefficient (Wildman–Crippen LogP) is 1.61. The van der Waals surface area contributed by atoms with E-state index in [1.807, 2.05) is 12.1 Å². The van der Waals surface area contributed by atoms with Gasteiger partial charge in [0.2, 0.25) is 0 Å². The summed E-state index contributed by atoms with van der Waals surface area (Å²) < 4.78 is 0. The average molecular weight is 215 g/mol. The first-order valence-electron chi connectivity index (χ1n) is 5.03. The third kappa shape index (κ3) is 3.27. The first kappa shape index (κ1) is 12.0. The van der Waals surface area contributed by atoms with E-state index < -0.39 is 0 Å². The molecule has 1 aromatic rings. The molecule has 1 aromatic carbocycles. The zero-order chi connectivity index (χ0) is 12.0. The van der Waals surface area contributed by atoms with Crippen molar-refractivity contribution in [2.45, 2.75) is 19.4 Å². The molecule has 0 amide bonds. The predicted molar refractivity (Wildman–Crippen MR) is 60.7 cm³/mol. The van der Waals surface area contributed by atoms with Crippen molar-refractivity contribution in [3.05, 3.63) is 29.3 Å². The number of hydrogen-bond donors (Lipinski definition) is 2. The topological polar surface area (TPSA) is 79.8 Å². The molecule has 16 heavy (non-hydrogen) atoms. The molecule has 0 aliphatic heterocycles. The number of nitrogens with zero attached hydrogens (tertiary/aromatic N) is 2. The summed E-state index contributed by atoms with van der Waals surface area (Å²) in [6.07, 6.45) is 0.295. The highest BCUT2D eigenvalue weighted by molar-refractivity contribution is 5.56. The quantitative estimate of drug-likeness (QED) is 0.799. The summed E-state index contributed by atoms with van der Waals surface area (Å²) in [6.45, 7) is 2.36. The molecule has 1 unspecified atom stereocenters. The van der Waals surface area contributed by atoms with Crippen molar-refractivity contribution in [1.29, 1.82) is 10.5 Å². The van der Waals surface area contributed by atoms with E-state index in [1.165, 1.54) is 0 Å². The van der Waals surface area contributed by atoms with Crippen molar-refractivity contribution in [2.24, 2.45) is 0 Å². The number of nitrogens with one attached hydrogen (secondary N) is 1. The number of hydrogen-bond acceptors (Lipinski definition) is 4. The Morgan fingerprint density at radius 1 is 1.31 bits per heavy atom. The number of anilines is 1. The van der Waals surface area contributed by atoms with Crippen LogP contribution in [0.3, 0.4) is 0 Å². The first-order chi connectivity index (χ1) is 7.67.